The second-order valence-electron chi connectivity index (χ2n) is 6.56. The second-order valence-corrected chi connectivity index (χ2v) is 6.56. The summed E-state index contributed by atoms with van der Waals surface area (Å²) in [4.78, 5) is 24.6. The molecule has 6 nitrogen and oxygen atoms in total. The summed E-state index contributed by atoms with van der Waals surface area (Å²) in [6.45, 7) is 11.3. The molecule has 0 aliphatic carbocycles. The lowest BCUT2D eigenvalue weighted by Gasteiger charge is -2.12. The summed E-state index contributed by atoms with van der Waals surface area (Å²) >= 11 is 0. The van der Waals surface area contributed by atoms with Gasteiger partial charge in [0.05, 0.1) is 18.7 Å². The van der Waals surface area contributed by atoms with E-state index >= 15 is 0 Å². The topological polar surface area (TPSA) is 64.2 Å². The molecule has 0 spiro atoms. The van der Waals surface area contributed by atoms with Gasteiger partial charge in [0.15, 0.2) is 17.6 Å². The number of aryl methyl sites for hydroxylation is 1. The molecule has 6 heteroatoms. The summed E-state index contributed by atoms with van der Waals surface area (Å²) in [5.74, 6) is 0.626. The Morgan fingerprint density at radius 2 is 2.00 bits per heavy atom. The number of benzene rings is 1. The van der Waals surface area contributed by atoms with Gasteiger partial charge >= 0.3 is 5.97 Å². The van der Waals surface area contributed by atoms with E-state index in [9.17, 15) is 9.59 Å². The van der Waals surface area contributed by atoms with E-state index < -0.39 is 0 Å². The molecule has 0 saturated heterocycles. The van der Waals surface area contributed by atoms with Gasteiger partial charge in [0.25, 0.3) is 11.7 Å². The zero-order valence-corrected chi connectivity index (χ0v) is 16.5. The van der Waals surface area contributed by atoms with Gasteiger partial charge in [0.2, 0.25) is 0 Å². The third kappa shape index (κ3) is 4.23. The molecule has 26 heavy (non-hydrogen) atoms. The summed E-state index contributed by atoms with van der Waals surface area (Å²) in [5, 5.41) is 3.05. The molecule has 1 N–H and O–H groups in total. The van der Waals surface area contributed by atoms with E-state index in [0.29, 0.717) is 12.2 Å². The largest absolute Gasteiger partial charge is 0.462 e. The zero-order chi connectivity index (χ0) is 19.3. The molecular weight excluding hydrogens is 330 g/mol. The lowest BCUT2D eigenvalue weighted by molar-refractivity contribution is -0.674. The van der Waals surface area contributed by atoms with Crippen molar-refractivity contribution in [3.8, 4) is 0 Å². The normalized spacial score (nSPS) is 12.2. The molecule has 0 unspecified atom stereocenters. The number of carbonyl (C=O) groups is 2. The molecule has 0 bridgehead atoms. The first-order valence-corrected chi connectivity index (χ1v) is 9.42. The number of aromatic nitrogens is 2. The zero-order valence-electron chi connectivity index (χ0n) is 16.5. The maximum absolute atomic E-state index is 12.5. The Balaban J connectivity index is 2.40. The van der Waals surface area contributed by atoms with E-state index in [0.717, 1.165) is 36.2 Å². The molecule has 0 saturated carbocycles. The van der Waals surface area contributed by atoms with Crippen molar-refractivity contribution in [2.45, 2.75) is 66.6 Å². The average Bonchev–Trinajstić information content (AvgIpc) is 2.86. The van der Waals surface area contributed by atoms with E-state index in [1.54, 1.807) is 13.0 Å². The Bertz CT molecular complexity index is 795. The molecule has 2 rings (SSSR count). The molecule has 1 aromatic carbocycles. The van der Waals surface area contributed by atoms with E-state index in [2.05, 4.69) is 23.7 Å². The fourth-order valence-corrected chi connectivity index (χ4v) is 3.37. The van der Waals surface area contributed by atoms with Crippen LogP contribution in [0.25, 0.3) is 11.0 Å². The minimum absolute atomic E-state index is 0.0178. The number of carbonyl (C=O) groups excluding carboxylic acids is 2. The fraction of sp³-hybridized carbons (Fsp3) is 0.550. The molecule has 2 aromatic rings. The fourth-order valence-electron chi connectivity index (χ4n) is 3.37. The van der Waals surface area contributed by atoms with Gasteiger partial charge in [-0.15, -0.1) is 0 Å². The van der Waals surface area contributed by atoms with Crippen LogP contribution in [0.15, 0.2) is 18.2 Å². The molecular formula is C20H30N3O3+. The standard InChI is InChI=1S/C20H29N3O3/c1-6-9-14(4)21-19(24)13-23-15(5)22(7-2)17-11-10-16(12-18(17)23)20(25)26-8-3/h10-12,14H,6-9,13H2,1-5H3/p+1/t14-/m1/s1. The van der Waals surface area contributed by atoms with Crippen molar-refractivity contribution in [1.29, 1.82) is 0 Å². The highest BCUT2D eigenvalue weighted by Gasteiger charge is 2.24. The molecule has 1 aromatic heterocycles. The molecule has 0 aliphatic rings. The van der Waals surface area contributed by atoms with Crippen LogP contribution >= 0.6 is 0 Å². The smallest absolute Gasteiger partial charge is 0.338 e. The molecule has 0 radical (unpaired) electrons. The van der Waals surface area contributed by atoms with Crippen LogP contribution in [0.1, 0.15) is 56.7 Å². The average molecular weight is 360 g/mol. The van der Waals surface area contributed by atoms with E-state index in [4.69, 9.17) is 4.74 Å². The first-order valence-electron chi connectivity index (χ1n) is 9.42. The third-order valence-electron chi connectivity index (χ3n) is 4.60. The Morgan fingerprint density at radius 1 is 1.27 bits per heavy atom. The Morgan fingerprint density at radius 3 is 2.62 bits per heavy atom. The molecule has 142 valence electrons. The number of ether oxygens (including phenoxy) is 1. The summed E-state index contributed by atoms with van der Waals surface area (Å²) < 4.78 is 9.22. The van der Waals surface area contributed by atoms with Gasteiger partial charge in [-0.05, 0) is 39.3 Å². The lowest BCUT2D eigenvalue weighted by Crippen LogP contribution is -2.38. The monoisotopic (exact) mass is 360 g/mol. The van der Waals surface area contributed by atoms with Crippen molar-refractivity contribution in [3.05, 3.63) is 29.6 Å². The summed E-state index contributed by atoms with van der Waals surface area (Å²) in [6.07, 6.45) is 1.99. The maximum Gasteiger partial charge on any atom is 0.338 e. The van der Waals surface area contributed by atoms with Crippen molar-refractivity contribution in [3.63, 3.8) is 0 Å². The van der Waals surface area contributed by atoms with Crippen LogP contribution in [0.2, 0.25) is 0 Å². The molecule has 1 amide bonds. The predicted molar refractivity (Wildman–Crippen MR) is 101 cm³/mol. The van der Waals surface area contributed by atoms with Crippen LogP contribution in [-0.4, -0.2) is 29.1 Å². The second kappa shape index (κ2) is 8.83. The van der Waals surface area contributed by atoms with Crippen molar-refractivity contribution in [2.24, 2.45) is 0 Å². The molecule has 1 heterocycles. The van der Waals surface area contributed by atoms with E-state index in [1.807, 2.05) is 30.5 Å². The number of nitrogens with one attached hydrogen (secondary N) is 1. The summed E-state index contributed by atoms with van der Waals surface area (Å²) in [5.41, 5.74) is 2.38. The lowest BCUT2D eigenvalue weighted by atomic mass is 10.2. The molecule has 0 aliphatic heterocycles. The van der Waals surface area contributed by atoms with Crippen molar-refractivity contribution < 1.29 is 18.9 Å². The minimum Gasteiger partial charge on any atom is -0.462 e. The maximum atomic E-state index is 12.5. The summed E-state index contributed by atoms with van der Waals surface area (Å²) in [7, 11) is 0. The number of imidazole rings is 1. The van der Waals surface area contributed by atoms with Crippen molar-refractivity contribution in [1.82, 2.24) is 9.88 Å². The van der Waals surface area contributed by atoms with Crippen molar-refractivity contribution in [2.75, 3.05) is 6.61 Å². The van der Waals surface area contributed by atoms with E-state index in [-0.39, 0.29) is 24.5 Å². The van der Waals surface area contributed by atoms with Crippen LogP contribution in [0.5, 0.6) is 0 Å². The van der Waals surface area contributed by atoms with Gasteiger partial charge in [0.1, 0.15) is 0 Å². The highest BCUT2D eigenvalue weighted by atomic mass is 16.5. The van der Waals surface area contributed by atoms with Crippen LogP contribution in [0.3, 0.4) is 0 Å². The van der Waals surface area contributed by atoms with Gasteiger partial charge in [-0.3, -0.25) is 4.79 Å². The first kappa shape index (κ1) is 19.9. The van der Waals surface area contributed by atoms with Gasteiger partial charge in [-0.25, -0.2) is 13.9 Å². The predicted octanol–water partition coefficient (Wildman–Crippen LogP) is 2.74. The number of hydrogen-bond acceptors (Lipinski definition) is 3. The third-order valence-corrected chi connectivity index (χ3v) is 4.60. The quantitative estimate of drug-likeness (QED) is 0.581. The van der Waals surface area contributed by atoms with Gasteiger partial charge in [-0.1, -0.05) is 13.3 Å². The van der Waals surface area contributed by atoms with Gasteiger partial charge < -0.3 is 10.1 Å². The first-order chi connectivity index (χ1) is 12.4. The summed E-state index contributed by atoms with van der Waals surface area (Å²) in [6, 6.07) is 5.67. The van der Waals surface area contributed by atoms with Gasteiger partial charge in [-0.2, -0.15) is 0 Å². The molecule has 0 fully saturated rings. The minimum atomic E-state index is -0.344. The number of hydrogen-bond donors (Lipinski definition) is 1. The van der Waals surface area contributed by atoms with E-state index in [1.165, 1.54) is 0 Å². The Labute approximate surface area is 155 Å². The Hall–Kier alpha value is -2.37. The SMILES string of the molecule is CCC[C@@H](C)NC(=O)Cn1c(C)[n+](CC)c2ccc(C(=O)OCC)cc21. The van der Waals surface area contributed by atoms with Crippen LogP contribution in [0.4, 0.5) is 0 Å². The number of fused-ring (bicyclic) bond motifs is 1. The number of rotatable bonds is 8. The van der Waals surface area contributed by atoms with Crippen LogP contribution < -0.4 is 9.88 Å². The van der Waals surface area contributed by atoms with Crippen LogP contribution in [0, 0.1) is 6.92 Å². The number of nitrogens with zero attached hydrogens (tertiary/aromatic N) is 2. The molecule has 1 atom stereocenters. The highest BCUT2D eigenvalue weighted by Crippen LogP contribution is 2.17. The van der Waals surface area contributed by atoms with Crippen molar-refractivity contribution >= 4 is 22.9 Å². The van der Waals surface area contributed by atoms with Crippen LogP contribution in [-0.2, 0) is 22.6 Å². The number of esters is 1. The number of amides is 1. The highest BCUT2D eigenvalue weighted by molar-refractivity contribution is 5.93. The Kier molecular flexibility index (Phi) is 6.77. The van der Waals surface area contributed by atoms with Gasteiger partial charge in [0, 0.05) is 19.0 Å².